The summed E-state index contributed by atoms with van der Waals surface area (Å²) in [6.07, 6.45) is 0. The molecule has 0 saturated heterocycles. The average Bonchev–Trinajstić information content (AvgIpc) is 2.68. The number of carbonyl (C=O) groups is 1. The number of nitrogens with two attached hydrogens (primary N) is 1. The van der Waals surface area contributed by atoms with Gasteiger partial charge in [-0.1, -0.05) is 17.7 Å². The molecule has 0 fully saturated rings. The van der Waals surface area contributed by atoms with E-state index in [2.05, 4.69) is 4.98 Å². The minimum absolute atomic E-state index is 0.113. The Morgan fingerprint density at radius 1 is 1.45 bits per heavy atom. The van der Waals surface area contributed by atoms with Crippen molar-refractivity contribution in [2.75, 3.05) is 12.3 Å². The maximum absolute atomic E-state index is 11.8. The van der Waals surface area contributed by atoms with E-state index in [-0.39, 0.29) is 18.1 Å². The second-order valence-corrected chi connectivity index (χ2v) is 4.81. The number of ether oxygens (including phenoxy) is 1. The molecule has 0 aliphatic carbocycles. The van der Waals surface area contributed by atoms with E-state index in [1.807, 2.05) is 19.1 Å². The van der Waals surface area contributed by atoms with Crippen LogP contribution in [-0.2, 0) is 4.74 Å². The van der Waals surface area contributed by atoms with Gasteiger partial charge in [-0.05, 0) is 38.5 Å². The van der Waals surface area contributed by atoms with Crippen molar-refractivity contribution in [1.82, 2.24) is 9.55 Å². The monoisotopic (exact) mass is 293 g/mol. The van der Waals surface area contributed by atoms with Crippen LogP contribution in [0.3, 0.4) is 0 Å². The fourth-order valence-electron chi connectivity index (χ4n) is 2.00. The Balaban J connectivity index is 2.58. The van der Waals surface area contributed by atoms with Gasteiger partial charge in [-0.2, -0.15) is 0 Å². The number of esters is 1. The van der Waals surface area contributed by atoms with Crippen molar-refractivity contribution in [3.05, 3.63) is 40.3 Å². The van der Waals surface area contributed by atoms with Crippen LogP contribution in [0.4, 0.5) is 5.82 Å². The molecular weight excluding hydrogens is 278 g/mol. The lowest BCUT2D eigenvalue weighted by Crippen LogP contribution is -2.09. The van der Waals surface area contributed by atoms with E-state index in [1.165, 1.54) is 0 Å². The lowest BCUT2D eigenvalue weighted by molar-refractivity contribution is 0.0521. The van der Waals surface area contributed by atoms with Crippen LogP contribution in [0.25, 0.3) is 5.69 Å². The topological polar surface area (TPSA) is 70.1 Å². The molecule has 6 heteroatoms. The summed E-state index contributed by atoms with van der Waals surface area (Å²) in [5, 5.41) is 0.540. The first-order valence-electron chi connectivity index (χ1n) is 6.24. The summed E-state index contributed by atoms with van der Waals surface area (Å²) in [5.74, 6) is 0.280. The first kappa shape index (κ1) is 14.4. The molecule has 0 amide bonds. The maximum Gasteiger partial charge on any atom is 0.360 e. The summed E-state index contributed by atoms with van der Waals surface area (Å²) >= 11 is 6.20. The highest BCUT2D eigenvalue weighted by Gasteiger charge is 2.21. The summed E-state index contributed by atoms with van der Waals surface area (Å²) in [6.45, 7) is 5.72. The number of imidazole rings is 1. The van der Waals surface area contributed by atoms with Crippen molar-refractivity contribution in [1.29, 1.82) is 0 Å². The fourth-order valence-corrected chi connectivity index (χ4v) is 2.20. The van der Waals surface area contributed by atoms with Crippen LogP contribution in [-0.4, -0.2) is 22.1 Å². The van der Waals surface area contributed by atoms with Gasteiger partial charge in [-0.15, -0.1) is 0 Å². The smallest absolute Gasteiger partial charge is 0.360 e. The number of aryl methyl sites for hydroxylation is 2. The number of nitrogens with zero attached hydrogens (tertiary/aromatic N) is 2. The van der Waals surface area contributed by atoms with Gasteiger partial charge < -0.3 is 10.5 Å². The van der Waals surface area contributed by atoms with E-state index in [9.17, 15) is 4.79 Å². The summed E-state index contributed by atoms with van der Waals surface area (Å²) in [5.41, 5.74) is 7.88. The lowest BCUT2D eigenvalue weighted by Gasteiger charge is -2.10. The second kappa shape index (κ2) is 5.54. The Morgan fingerprint density at radius 2 is 2.15 bits per heavy atom. The molecule has 1 aromatic carbocycles. The van der Waals surface area contributed by atoms with E-state index >= 15 is 0 Å². The third-order valence-corrected chi connectivity index (χ3v) is 3.21. The average molecular weight is 294 g/mol. The molecule has 1 aromatic heterocycles. The number of hydrogen-bond acceptors (Lipinski definition) is 4. The zero-order valence-electron chi connectivity index (χ0n) is 11.6. The highest BCUT2D eigenvalue weighted by molar-refractivity contribution is 6.32. The first-order chi connectivity index (χ1) is 9.45. The van der Waals surface area contributed by atoms with Crippen molar-refractivity contribution in [3.63, 3.8) is 0 Å². The molecule has 0 aliphatic heterocycles. The van der Waals surface area contributed by atoms with Crippen LogP contribution >= 0.6 is 11.6 Å². The van der Waals surface area contributed by atoms with Crippen LogP contribution in [0.15, 0.2) is 18.2 Å². The molecule has 0 bridgehead atoms. The molecule has 106 valence electrons. The van der Waals surface area contributed by atoms with Crippen molar-refractivity contribution >= 4 is 23.4 Å². The minimum atomic E-state index is -0.532. The summed E-state index contributed by atoms with van der Waals surface area (Å²) in [4.78, 5) is 16.0. The molecule has 0 unspecified atom stereocenters. The van der Waals surface area contributed by atoms with Gasteiger partial charge >= 0.3 is 5.97 Å². The van der Waals surface area contributed by atoms with Gasteiger partial charge in [0.15, 0.2) is 5.69 Å². The largest absolute Gasteiger partial charge is 0.461 e. The number of nitrogen functional groups attached to an aromatic ring is 1. The van der Waals surface area contributed by atoms with E-state index in [1.54, 1.807) is 24.5 Å². The van der Waals surface area contributed by atoms with Gasteiger partial charge in [0, 0.05) is 0 Å². The van der Waals surface area contributed by atoms with Crippen LogP contribution in [0, 0.1) is 13.8 Å². The molecule has 2 rings (SSSR count). The molecule has 0 aliphatic rings. The molecule has 2 N–H and O–H groups in total. The SMILES string of the molecule is CCOC(=O)c1nc(C)n(-c2cc(C)ccc2Cl)c1N. The highest BCUT2D eigenvalue weighted by atomic mass is 35.5. The Bertz CT molecular complexity index is 665. The van der Waals surface area contributed by atoms with Gasteiger partial charge in [0.1, 0.15) is 11.6 Å². The number of hydrogen-bond donors (Lipinski definition) is 1. The molecule has 2 aromatic rings. The zero-order chi connectivity index (χ0) is 14.9. The van der Waals surface area contributed by atoms with Gasteiger partial charge in [-0.25, -0.2) is 9.78 Å². The van der Waals surface area contributed by atoms with E-state index < -0.39 is 5.97 Å². The third-order valence-electron chi connectivity index (χ3n) is 2.89. The fraction of sp³-hybridized carbons (Fsp3) is 0.286. The van der Waals surface area contributed by atoms with Crippen molar-refractivity contribution in [2.24, 2.45) is 0 Å². The lowest BCUT2D eigenvalue weighted by atomic mass is 10.2. The van der Waals surface area contributed by atoms with E-state index in [4.69, 9.17) is 22.1 Å². The Kier molecular flexibility index (Phi) is 3.99. The van der Waals surface area contributed by atoms with Crippen molar-refractivity contribution in [3.8, 4) is 5.69 Å². The van der Waals surface area contributed by atoms with Crippen LogP contribution < -0.4 is 5.73 Å². The highest BCUT2D eigenvalue weighted by Crippen LogP contribution is 2.27. The molecule has 0 radical (unpaired) electrons. The standard InChI is InChI=1S/C14H16ClN3O2/c1-4-20-14(19)12-13(16)18(9(3)17-12)11-7-8(2)5-6-10(11)15/h5-7H,4,16H2,1-3H3. The molecule has 1 heterocycles. The maximum atomic E-state index is 11.8. The van der Waals surface area contributed by atoms with Crippen LogP contribution in [0.1, 0.15) is 28.8 Å². The molecule has 0 saturated carbocycles. The molecule has 20 heavy (non-hydrogen) atoms. The quantitative estimate of drug-likeness (QED) is 0.883. The second-order valence-electron chi connectivity index (χ2n) is 4.40. The van der Waals surface area contributed by atoms with Gasteiger partial charge in [0.25, 0.3) is 0 Å². The number of aromatic nitrogens is 2. The van der Waals surface area contributed by atoms with Crippen molar-refractivity contribution in [2.45, 2.75) is 20.8 Å². The summed E-state index contributed by atoms with van der Waals surface area (Å²) < 4.78 is 6.59. The summed E-state index contributed by atoms with van der Waals surface area (Å²) in [6, 6.07) is 5.58. The van der Waals surface area contributed by atoms with E-state index in [0.717, 1.165) is 5.56 Å². The Hall–Kier alpha value is -2.01. The van der Waals surface area contributed by atoms with E-state index in [0.29, 0.717) is 16.5 Å². The number of halogens is 1. The predicted octanol–water partition coefficient (Wildman–Crippen LogP) is 2.90. The van der Waals surface area contributed by atoms with Crippen LogP contribution in [0.2, 0.25) is 5.02 Å². The normalized spacial score (nSPS) is 10.6. The van der Waals surface area contributed by atoms with Crippen molar-refractivity contribution < 1.29 is 9.53 Å². The van der Waals surface area contributed by atoms with Crippen LogP contribution in [0.5, 0.6) is 0 Å². The van der Waals surface area contributed by atoms with Gasteiger partial charge in [0.2, 0.25) is 0 Å². The predicted molar refractivity (Wildman–Crippen MR) is 78.4 cm³/mol. The van der Waals surface area contributed by atoms with Gasteiger partial charge in [-0.3, -0.25) is 4.57 Å². The molecule has 0 spiro atoms. The Labute approximate surface area is 122 Å². The molecular formula is C14H16ClN3O2. The number of rotatable bonds is 3. The Morgan fingerprint density at radius 3 is 2.80 bits per heavy atom. The third kappa shape index (κ3) is 2.49. The first-order valence-corrected chi connectivity index (χ1v) is 6.62. The summed E-state index contributed by atoms with van der Waals surface area (Å²) in [7, 11) is 0. The molecule has 0 atom stereocenters. The number of anilines is 1. The number of benzene rings is 1. The molecule has 5 nitrogen and oxygen atoms in total. The number of carbonyl (C=O) groups excluding carboxylic acids is 1. The zero-order valence-corrected chi connectivity index (χ0v) is 12.4. The minimum Gasteiger partial charge on any atom is -0.461 e. The van der Waals surface area contributed by atoms with Gasteiger partial charge in [0.05, 0.1) is 17.3 Å².